The molecule has 1 aliphatic heterocycles. The van der Waals surface area contributed by atoms with E-state index >= 15 is 0 Å². The van der Waals surface area contributed by atoms with Crippen molar-refractivity contribution in [1.29, 1.82) is 0 Å². The highest BCUT2D eigenvalue weighted by Crippen LogP contribution is 2.21. The number of rotatable bonds is 7. The van der Waals surface area contributed by atoms with E-state index in [-0.39, 0.29) is 17.6 Å². The number of carbonyl (C=O) groups is 2. The number of furan rings is 1. The van der Waals surface area contributed by atoms with Gasteiger partial charge in [-0.15, -0.1) is 0 Å². The summed E-state index contributed by atoms with van der Waals surface area (Å²) in [6.07, 6.45) is 9.50. The van der Waals surface area contributed by atoms with E-state index in [1.807, 2.05) is 6.20 Å². The van der Waals surface area contributed by atoms with Gasteiger partial charge < -0.3 is 25.4 Å². The number of amides is 2. The van der Waals surface area contributed by atoms with Crippen LogP contribution >= 0.6 is 0 Å². The van der Waals surface area contributed by atoms with Crippen LogP contribution in [0.5, 0.6) is 0 Å². The van der Waals surface area contributed by atoms with Gasteiger partial charge in [0.1, 0.15) is 11.4 Å². The molecule has 1 aromatic carbocycles. The van der Waals surface area contributed by atoms with Crippen LogP contribution in [0.3, 0.4) is 0 Å². The zero-order valence-electron chi connectivity index (χ0n) is 17.0. The van der Waals surface area contributed by atoms with Crippen molar-refractivity contribution in [3.8, 4) is 0 Å². The molecule has 1 saturated heterocycles. The summed E-state index contributed by atoms with van der Waals surface area (Å²) >= 11 is 0. The SMILES string of the molecule is O=C(/C=C/c1ccoc1)NC1(C(=O)NCCc2c[nH]c3ccc(F)cc23)CCNCC1. The fourth-order valence-corrected chi connectivity index (χ4v) is 3.92. The van der Waals surface area contributed by atoms with Crippen LogP contribution < -0.4 is 16.0 Å². The minimum atomic E-state index is -0.963. The van der Waals surface area contributed by atoms with E-state index in [1.165, 1.54) is 30.7 Å². The Bertz CT molecular complexity index is 1080. The van der Waals surface area contributed by atoms with E-state index in [4.69, 9.17) is 4.42 Å². The molecule has 4 rings (SSSR count). The van der Waals surface area contributed by atoms with Gasteiger partial charge in [0.2, 0.25) is 11.8 Å². The molecule has 2 amide bonds. The summed E-state index contributed by atoms with van der Waals surface area (Å²) < 4.78 is 18.6. The van der Waals surface area contributed by atoms with Gasteiger partial charge in [-0.1, -0.05) is 0 Å². The molecule has 0 radical (unpaired) electrons. The predicted octanol–water partition coefficient (Wildman–Crippen LogP) is 2.51. The Morgan fingerprint density at radius 3 is 2.84 bits per heavy atom. The summed E-state index contributed by atoms with van der Waals surface area (Å²) in [6.45, 7) is 1.67. The zero-order valence-corrected chi connectivity index (χ0v) is 17.0. The minimum absolute atomic E-state index is 0.204. The van der Waals surface area contributed by atoms with Gasteiger partial charge >= 0.3 is 0 Å². The van der Waals surface area contributed by atoms with Crippen LogP contribution in [0.1, 0.15) is 24.0 Å². The Hall–Kier alpha value is -3.39. The Kier molecular flexibility index (Phi) is 6.18. The van der Waals surface area contributed by atoms with Gasteiger partial charge in [-0.2, -0.15) is 0 Å². The number of fused-ring (bicyclic) bond motifs is 1. The van der Waals surface area contributed by atoms with Gasteiger partial charge in [0.25, 0.3) is 0 Å². The van der Waals surface area contributed by atoms with E-state index in [0.29, 0.717) is 38.9 Å². The third-order valence-corrected chi connectivity index (χ3v) is 5.63. The Labute approximate surface area is 179 Å². The Morgan fingerprint density at radius 2 is 2.06 bits per heavy atom. The molecule has 2 aromatic heterocycles. The number of aromatic amines is 1. The summed E-state index contributed by atoms with van der Waals surface area (Å²) in [7, 11) is 0. The maximum absolute atomic E-state index is 13.6. The molecule has 8 heteroatoms. The summed E-state index contributed by atoms with van der Waals surface area (Å²) in [5.74, 6) is -0.826. The quantitative estimate of drug-likeness (QED) is 0.438. The molecule has 0 aliphatic carbocycles. The first kappa shape index (κ1) is 20.9. The standard InChI is InChI=1S/C23H25FN4O3/c24-18-2-3-20-19(13-18)17(14-27-20)5-9-26-22(30)23(7-10-25-11-8-23)28-21(29)4-1-16-6-12-31-15-16/h1-4,6,12-15,25,27H,5,7-11H2,(H,26,30)(H,28,29)/b4-1+. The molecule has 0 unspecified atom stereocenters. The number of benzene rings is 1. The average Bonchev–Trinajstić information content (AvgIpc) is 3.43. The van der Waals surface area contributed by atoms with Gasteiger partial charge in [0, 0.05) is 35.3 Å². The molecule has 4 N–H and O–H groups in total. The van der Waals surface area contributed by atoms with Gasteiger partial charge in [0.15, 0.2) is 0 Å². The minimum Gasteiger partial charge on any atom is -0.472 e. The summed E-state index contributed by atoms with van der Waals surface area (Å²) in [6, 6.07) is 6.34. The van der Waals surface area contributed by atoms with Gasteiger partial charge in [-0.3, -0.25) is 9.59 Å². The molecule has 1 fully saturated rings. The molecule has 0 saturated carbocycles. The van der Waals surface area contributed by atoms with Crippen molar-refractivity contribution in [2.24, 2.45) is 0 Å². The lowest BCUT2D eigenvalue weighted by Gasteiger charge is -2.36. The maximum atomic E-state index is 13.6. The van der Waals surface area contributed by atoms with Crippen LogP contribution in [-0.2, 0) is 16.0 Å². The fourth-order valence-electron chi connectivity index (χ4n) is 3.92. The van der Waals surface area contributed by atoms with Crippen molar-refractivity contribution < 1.29 is 18.4 Å². The second-order valence-corrected chi connectivity index (χ2v) is 7.72. The molecule has 7 nitrogen and oxygen atoms in total. The molecule has 162 valence electrons. The van der Waals surface area contributed by atoms with Crippen molar-refractivity contribution in [2.75, 3.05) is 19.6 Å². The van der Waals surface area contributed by atoms with Crippen molar-refractivity contribution in [2.45, 2.75) is 24.8 Å². The number of hydrogen-bond donors (Lipinski definition) is 4. The Morgan fingerprint density at radius 1 is 1.23 bits per heavy atom. The van der Waals surface area contributed by atoms with Crippen LogP contribution in [-0.4, -0.2) is 42.0 Å². The van der Waals surface area contributed by atoms with E-state index in [2.05, 4.69) is 20.9 Å². The first-order valence-electron chi connectivity index (χ1n) is 10.3. The monoisotopic (exact) mass is 424 g/mol. The normalized spacial score (nSPS) is 15.9. The van der Waals surface area contributed by atoms with Crippen LogP contribution in [0.25, 0.3) is 17.0 Å². The van der Waals surface area contributed by atoms with Crippen molar-refractivity contribution in [1.82, 2.24) is 20.9 Å². The number of hydrogen-bond acceptors (Lipinski definition) is 4. The second kappa shape index (κ2) is 9.18. The summed E-state index contributed by atoms with van der Waals surface area (Å²) in [4.78, 5) is 28.7. The van der Waals surface area contributed by atoms with Crippen molar-refractivity contribution >= 4 is 28.8 Å². The van der Waals surface area contributed by atoms with Gasteiger partial charge in [0.05, 0.1) is 12.5 Å². The number of carbonyl (C=O) groups excluding carboxylic acids is 2. The van der Waals surface area contributed by atoms with E-state index < -0.39 is 5.54 Å². The number of H-pyrrole nitrogens is 1. The second-order valence-electron chi connectivity index (χ2n) is 7.72. The van der Waals surface area contributed by atoms with Crippen molar-refractivity contribution in [3.05, 3.63) is 66.0 Å². The average molecular weight is 424 g/mol. The van der Waals surface area contributed by atoms with Crippen LogP contribution in [0.15, 0.2) is 53.5 Å². The lowest BCUT2D eigenvalue weighted by molar-refractivity contribution is -0.133. The number of nitrogens with one attached hydrogen (secondary N) is 4. The van der Waals surface area contributed by atoms with E-state index in [9.17, 15) is 14.0 Å². The predicted molar refractivity (Wildman–Crippen MR) is 116 cm³/mol. The lowest BCUT2D eigenvalue weighted by Crippen LogP contribution is -2.62. The number of piperidine rings is 1. The summed E-state index contributed by atoms with van der Waals surface area (Å²) in [5, 5.41) is 9.90. The topological polar surface area (TPSA) is 99.2 Å². The molecule has 0 atom stereocenters. The molecule has 3 aromatic rings. The van der Waals surface area contributed by atoms with E-state index in [1.54, 1.807) is 18.2 Å². The third-order valence-electron chi connectivity index (χ3n) is 5.63. The molecular weight excluding hydrogens is 399 g/mol. The lowest BCUT2D eigenvalue weighted by atomic mass is 9.87. The van der Waals surface area contributed by atoms with Crippen LogP contribution in [0.2, 0.25) is 0 Å². The molecule has 31 heavy (non-hydrogen) atoms. The molecule has 3 heterocycles. The molecule has 0 bridgehead atoms. The molecule has 0 spiro atoms. The summed E-state index contributed by atoms with van der Waals surface area (Å²) in [5.41, 5.74) is 1.60. The highest BCUT2D eigenvalue weighted by molar-refractivity contribution is 5.97. The number of aromatic nitrogens is 1. The van der Waals surface area contributed by atoms with Gasteiger partial charge in [-0.05, 0) is 68.3 Å². The molecular formula is C23H25FN4O3. The first-order valence-corrected chi connectivity index (χ1v) is 10.3. The maximum Gasteiger partial charge on any atom is 0.245 e. The Balaban J connectivity index is 1.39. The smallest absolute Gasteiger partial charge is 0.245 e. The zero-order chi connectivity index (χ0) is 21.7. The van der Waals surface area contributed by atoms with Crippen LogP contribution in [0.4, 0.5) is 4.39 Å². The third kappa shape index (κ3) is 4.86. The van der Waals surface area contributed by atoms with E-state index in [0.717, 1.165) is 22.0 Å². The molecule has 1 aliphatic rings. The van der Waals surface area contributed by atoms with Gasteiger partial charge in [-0.25, -0.2) is 4.39 Å². The number of halogens is 1. The fraction of sp³-hybridized carbons (Fsp3) is 0.304. The highest BCUT2D eigenvalue weighted by atomic mass is 19.1. The first-order chi connectivity index (χ1) is 15.1. The van der Waals surface area contributed by atoms with Crippen molar-refractivity contribution in [3.63, 3.8) is 0 Å². The highest BCUT2D eigenvalue weighted by Gasteiger charge is 2.40. The largest absolute Gasteiger partial charge is 0.472 e. The van der Waals surface area contributed by atoms with Crippen LogP contribution in [0, 0.1) is 5.82 Å².